The monoisotopic (exact) mass is 143 g/mol. The topological polar surface area (TPSA) is 72.3 Å². The number of carbonyl (C=O) groups is 1. The maximum atomic E-state index is 10.3. The fraction of sp³-hybridized carbons (Fsp3) is 0.833. The van der Waals surface area contributed by atoms with E-state index in [9.17, 15) is 4.79 Å². The van der Waals surface area contributed by atoms with Crippen molar-refractivity contribution in [2.24, 2.45) is 17.4 Å². The molecule has 0 atom stereocenters. The molecule has 1 rings (SSSR count). The van der Waals surface area contributed by atoms with Gasteiger partial charge >= 0.3 is 0 Å². The highest BCUT2D eigenvalue weighted by Gasteiger charge is 2.25. The minimum Gasteiger partial charge on any atom is -0.369 e. The lowest BCUT2D eigenvalue weighted by atomic mass is 10.0. The Morgan fingerprint density at radius 3 is 2.60 bits per heavy atom. The van der Waals surface area contributed by atoms with Crippen LogP contribution in [0, 0.1) is 5.92 Å². The van der Waals surface area contributed by atoms with Gasteiger partial charge in [-0.15, -0.1) is 0 Å². The van der Waals surface area contributed by atoms with Gasteiger partial charge in [0.2, 0.25) is 5.91 Å². The molecule has 1 fully saturated rings. The summed E-state index contributed by atoms with van der Waals surface area (Å²) < 4.78 is 0. The SMILES string of the molecule is NCC1CN(CC(N)=O)C1. The maximum Gasteiger partial charge on any atom is 0.231 e. The van der Waals surface area contributed by atoms with Gasteiger partial charge in [-0.25, -0.2) is 0 Å². The number of carbonyl (C=O) groups excluding carboxylic acids is 1. The van der Waals surface area contributed by atoms with Crippen LogP contribution in [-0.2, 0) is 4.79 Å². The smallest absolute Gasteiger partial charge is 0.231 e. The Labute approximate surface area is 60.2 Å². The lowest BCUT2D eigenvalue weighted by molar-refractivity contribution is -0.120. The molecule has 1 saturated heterocycles. The Bertz CT molecular complexity index is 131. The molecule has 1 aliphatic heterocycles. The zero-order chi connectivity index (χ0) is 7.56. The molecule has 1 heterocycles. The summed E-state index contributed by atoms with van der Waals surface area (Å²) in [5.41, 5.74) is 10.4. The highest BCUT2D eigenvalue weighted by atomic mass is 16.1. The van der Waals surface area contributed by atoms with E-state index in [-0.39, 0.29) is 5.91 Å². The molecule has 4 N–H and O–H groups in total. The lowest BCUT2D eigenvalue weighted by Crippen LogP contribution is -2.52. The molecular weight excluding hydrogens is 130 g/mol. The van der Waals surface area contributed by atoms with Crippen LogP contribution in [-0.4, -0.2) is 37.0 Å². The van der Waals surface area contributed by atoms with Crippen molar-refractivity contribution < 1.29 is 4.79 Å². The molecule has 0 aliphatic carbocycles. The van der Waals surface area contributed by atoms with Crippen molar-refractivity contribution in [2.75, 3.05) is 26.2 Å². The van der Waals surface area contributed by atoms with Gasteiger partial charge in [0.25, 0.3) is 0 Å². The predicted molar refractivity (Wildman–Crippen MR) is 38.2 cm³/mol. The molecule has 1 amide bonds. The van der Waals surface area contributed by atoms with Crippen molar-refractivity contribution in [3.05, 3.63) is 0 Å². The van der Waals surface area contributed by atoms with Gasteiger partial charge in [0.05, 0.1) is 6.54 Å². The van der Waals surface area contributed by atoms with Crippen molar-refractivity contribution in [2.45, 2.75) is 0 Å². The Hall–Kier alpha value is -0.610. The Morgan fingerprint density at radius 2 is 2.20 bits per heavy atom. The number of rotatable bonds is 3. The Morgan fingerprint density at radius 1 is 1.60 bits per heavy atom. The van der Waals surface area contributed by atoms with Crippen LogP contribution in [0.5, 0.6) is 0 Å². The van der Waals surface area contributed by atoms with Gasteiger partial charge < -0.3 is 11.5 Å². The van der Waals surface area contributed by atoms with E-state index in [1.165, 1.54) is 0 Å². The third-order valence-corrected chi connectivity index (χ3v) is 1.75. The van der Waals surface area contributed by atoms with Crippen LogP contribution in [0.15, 0.2) is 0 Å². The first-order valence-corrected chi connectivity index (χ1v) is 3.43. The summed E-state index contributed by atoms with van der Waals surface area (Å²) in [7, 11) is 0. The van der Waals surface area contributed by atoms with Gasteiger partial charge in [0.1, 0.15) is 0 Å². The van der Waals surface area contributed by atoms with Crippen LogP contribution in [0.25, 0.3) is 0 Å². The van der Waals surface area contributed by atoms with Crippen molar-refractivity contribution in [3.63, 3.8) is 0 Å². The van der Waals surface area contributed by atoms with E-state index in [1.54, 1.807) is 0 Å². The van der Waals surface area contributed by atoms with E-state index >= 15 is 0 Å². The third kappa shape index (κ3) is 1.68. The second-order valence-corrected chi connectivity index (χ2v) is 2.76. The number of hydrogen-bond donors (Lipinski definition) is 2. The van der Waals surface area contributed by atoms with Gasteiger partial charge in [-0.05, 0) is 12.5 Å². The molecule has 4 nitrogen and oxygen atoms in total. The number of amides is 1. The number of hydrogen-bond acceptors (Lipinski definition) is 3. The molecule has 0 aromatic heterocycles. The van der Waals surface area contributed by atoms with Gasteiger partial charge in [0, 0.05) is 13.1 Å². The molecule has 0 saturated carbocycles. The summed E-state index contributed by atoms with van der Waals surface area (Å²) >= 11 is 0. The highest BCUT2D eigenvalue weighted by molar-refractivity contribution is 5.76. The third-order valence-electron chi connectivity index (χ3n) is 1.75. The lowest BCUT2D eigenvalue weighted by Gasteiger charge is -2.37. The predicted octanol–water partition coefficient (Wildman–Crippen LogP) is -1.64. The van der Waals surface area contributed by atoms with Crippen LogP contribution in [0.4, 0.5) is 0 Å². The van der Waals surface area contributed by atoms with Gasteiger partial charge in [-0.2, -0.15) is 0 Å². The minimum atomic E-state index is -0.254. The fourth-order valence-electron chi connectivity index (χ4n) is 1.18. The van der Waals surface area contributed by atoms with Gasteiger partial charge in [-0.3, -0.25) is 9.69 Å². The van der Waals surface area contributed by atoms with E-state index in [0.717, 1.165) is 19.6 Å². The van der Waals surface area contributed by atoms with E-state index in [4.69, 9.17) is 11.5 Å². The quantitative estimate of drug-likeness (QED) is 0.498. The Balaban J connectivity index is 2.08. The molecule has 58 valence electrons. The van der Waals surface area contributed by atoms with Crippen LogP contribution in [0.3, 0.4) is 0 Å². The standard InChI is InChI=1S/C6H13N3O/c7-1-5-2-9(3-5)4-6(8)10/h5H,1-4,7H2,(H2,8,10). The first-order valence-electron chi connectivity index (χ1n) is 3.43. The molecule has 0 aromatic rings. The summed E-state index contributed by atoms with van der Waals surface area (Å²) in [6, 6.07) is 0. The number of nitrogens with two attached hydrogens (primary N) is 2. The maximum absolute atomic E-state index is 10.3. The first kappa shape index (κ1) is 7.50. The average Bonchev–Trinajstić information content (AvgIpc) is 1.76. The molecular formula is C6H13N3O. The zero-order valence-corrected chi connectivity index (χ0v) is 5.92. The van der Waals surface area contributed by atoms with Gasteiger partial charge in [0.15, 0.2) is 0 Å². The summed E-state index contributed by atoms with van der Waals surface area (Å²) in [5.74, 6) is 0.329. The fourth-order valence-corrected chi connectivity index (χ4v) is 1.18. The minimum absolute atomic E-state index is 0.254. The van der Waals surface area contributed by atoms with Crippen molar-refractivity contribution in [1.29, 1.82) is 0 Å². The summed E-state index contributed by atoms with van der Waals surface area (Å²) in [6.45, 7) is 2.96. The zero-order valence-electron chi connectivity index (χ0n) is 5.92. The Kier molecular flexibility index (Phi) is 2.24. The molecule has 0 aromatic carbocycles. The second-order valence-electron chi connectivity index (χ2n) is 2.76. The summed E-state index contributed by atoms with van der Waals surface area (Å²) in [4.78, 5) is 12.3. The van der Waals surface area contributed by atoms with E-state index in [1.807, 2.05) is 4.90 Å². The van der Waals surface area contributed by atoms with Crippen LogP contribution in [0.1, 0.15) is 0 Å². The molecule has 10 heavy (non-hydrogen) atoms. The molecule has 1 aliphatic rings. The summed E-state index contributed by atoms with van der Waals surface area (Å²) in [5, 5.41) is 0. The number of primary amides is 1. The average molecular weight is 143 g/mol. The first-order chi connectivity index (χ1) is 4.72. The molecule has 0 unspecified atom stereocenters. The molecule has 0 spiro atoms. The highest BCUT2D eigenvalue weighted by Crippen LogP contribution is 2.11. The number of likely N-dealkylation sites (tertiary alicyclic amines) is 1. The molecule has 0 bridgehead atoms. The van der Waals surface area contributed by atoms with Crippen molar-refractivity contribution in [3.8, 4) is 0 Å². The van der Waals surface area contributed by atoms with Crippen molar-refractivity contribution >= 4 is 5.91 Å². The normalized spacial score (nSPS) is 20.5. The van der Waals surface area contributed by atoms with Gasteiger partial charge in [-0.1, -0.05) is 0 Å². The number of nitrogens with zero attached hydrogens (tertiary/aromatic N) is 1. The van der Waals surface area contributed by atoms with Crippen LogP contribution in [0.2, 0.25) is 0 Å². The van der Waals surface area contributed by atoms with Crippen molar-refractivity contribution in [1.82, 2.24) is 4.90 Å². The largest absolute Gasteiger partial charge is 0.369 e. The van der Waals surface area contributed by atoms with E-state index < -0.39 is 0 Å². The van der Waals surface area contributed by atoms with Crippen LogP contribution < -0.4 is 11.5 Å². The van der Waals surface area contributed by atoms with Crippen LogP contribution >= 0.6 is 0 Å². The van der Waals surface area contributed by atoms with E-state index in [2.05, 4.69) is 0 Å². The summed E-state index contributed by atoms with van der Waals surface area (Å²) in [6.07, 6.45) is 0. The second kappa shape index (κ2) is 2.98. The molecule has 0 radical (unpaired) electrons. The molecule has 4 heteroatoms. The van der Waals surface area contributed by atoms with E-state index in [0.29, 0.717) is 12.5 Å².